The number of amides is 1. The predicted octanol–water partition coefficient (Wildman–Crippen LogP) is 2.11. The number of aromatic carboxylic acids is 1. The summed E-state index contributed by atoms with van der Waals surface area (Å²) in [6, 6.07) is 4.64. The molecular formula is C9H8BrNO3. The summed E-state index contributed by atoms with van der Waals surface area (Å²) in [7, 11) is 0. The number of halogens is 1. The lowest BCUT2D eigenvalue weighted by atomic mass is 10.2. The van der Waals surface area contributed by atoms with E-state index in [4.69, 9.17) is 5.11 Å². The minimum atomic E-state index is -1.07. The van der Waals surface area contributed by atoms with Crippen LogP contribution in [0.15, 0.2) is 22.7 Å². The van der Waals surface area contributed by atoms with Gasteiger partial charge in [-0.15, -0.1) is 0 Å². The van der Waals surface area contributed by atoms with Crippen LogP contribution in [0.25, 0.3) is 0 Å². The summed E-state index contributed by atoms with van der Waals surface area (Å²) >= 11 is 3.15. The molecule has 2 N–H and O–H groups in total. The first-order valence-electron chi connectivity index (χ1n) is 3.81. The van der Waals surface area contributed by atoms with Crippen LogP contribution >= 0.6 is 15.9 Å². The first kappa shape index (κ1) is 10.7. The first-order valence-corrected chi connectivity index (χ1v) is 4.60. The maximum absolute atomic E-state index is 10.8. The number of carboxylic acid groups (broad SMARTS) is 1. The molecule has 0 fully saturated rings. The molecule has 0 atom stereocenters. The van der Waals surface area contributed by atoms with Crippen molar-refractivity contribution < 1.29 is 14.7 Å². The molecule has 5 heteroatoms. The van der Waals surface area contributed by atoms with Crippen LogP contribution in [0.2, 0.25) is 0 Å². The van der Waals surface area contributed by atoms with E-state index in [0.29, 0.717) is 10.2 Å². The van der Waals surface area contributed by atoms with E-state index in [9.17, 15) is 9.59 Å². The molecule has 1 aromatic carbocycles. The number of nitrogens with one attached hydrogen (secondary N) is 1. The SMILES string of the molecule is CC(=O)Nc1ccc(Br)cc1C(=O)O. The van der Waals surface area contributed by atoms with Crippen molar-refractivity contribution in [3.63, 3.8) is 0 Å². The van der Waals surface area contributed by atoms with Crippen molar-refractivity contribution in [2.45, 2.75) is 6.92 Å². The van der Waals surface area contributed by atoms with Crippen LogP contribution in [0.3, 0.4) is 0 Å². The number of carboxylic acids is 1. The van der Waals surface area contributed by atoms with Crippen molar-refractivity contribution in [1.82, 2.24) is 0 Å². The monoisotopic (exact) mass is 257 g/mol. The van der Waals surface area contributed by atoms with Gasteiger partial charge in [0.25, 0.3) is 0 Å². The quantitative estimate of drug-likeness (QED) is 0.853. The Hall–Kier alpha value is -1.36. The minimum absolute atomic E-state index is 0.0644. The number of carbonyl (C=O) groups is 2. The van der Waals surface area contributed by atoms with Crippen LogP contribution in [0.1, 0.15) is 17.3 Å². The van der Waals surface area contributed by atoms with E-state index in [1.807, 2.05) is 0 Å². The van der Waals surface area contributed by atoms with Crippen LogP contribution in [-0.4, -0.2) is 17.0 Å². The summed E-state index contributed by atoms with van der Waals surface area (Å²) in [4.78, 5) is 21.5. The molecule has 0 spiro atoms. The number of hydrogen-bond donors (Lipinski definition) is 2. The fourth-order valence-corrected chi connectivity index (χ4v) is 1.35. The largest absolute Gasteiger partial charge is 0.478 e. The fourth-order valence-electron chi connectivity index (χ4n) is 0.992. The zero-order valence-electron chi connectivity index (χ0n) is 7.37. The number of benzene rings is 1. The third-order valence-corrected chi connectivity index (χ3v) is 2.02. The van der Waals surface area contributed by atoms with Crippen molar-refractivity contribution in [1.29, 1.82) is 0 Å². The predicted molar refractivity (Wildman–Crippen MR) is 55.4 cm³/mol. The fraction of sp³-hybridized carbons (Fsp3) is 0.111. The molecule has 4 nitrogen and oxygen atoms in total. The third kappa shape index (κ3) is 2.56. The Morgan fingerprint density at radius 2 is 2.07 bits per heavy atom. The lowest BCUT2D eigenvalue weighted by molar-refractivity contribution is -0.114. The van der Waals surface area contributed by atoms with Gasteiger partial charge in [0.2, 0.25) is 5.91 Å². The minimum Gasteiger partial charge on any atom is -0.478 e. The average Bonchev–Trinajstić information content (AvgIpc) is 2.07. The van der Waals surface area contributed by atoms with Gasteiger partial charge in [0, 0.05) is 11.4 Å². The third-order valence-electron chi connectivity index (χ3n) is 1.52. The molecule has 1 rings (SSSR count). The Morgan fingerprint density at radius 1 is 1.43 bits per heavy atom. The van der Waals surface area contributed by atoms with Gasteiger partial charge < -0.3 is 10.4 Å². The highest BCUT2D eigenvalue weighted by atomic mass is 79.9. The molecule has 0 radical (unpaired) electrons. The van der Waals surface area contributed by atoms with Crippen LogP contribution in [0.4, 0.5) is 5.69 Å². The number of rotatable bonds is 2. The summed E-state index contributed by atoms with van der Waals surface area (Å²) in [6.07, 6.45) is 0. The Bertz CT molecular complexity index is 390. The molecule has 0 aliphatic carbocycles. The zero-order valence-corrected chi connectivity index (χ0v) is 8.96. The summed E-state index contributed by atoms with van der Waals surface area (Å²) < 4.78 is 0.656. The number of carbonyl (C=O) groups excluding carboxylic acids is 1. The normalized spacial score (nSPS) is 9.57. The second-order valence-corrected chi connectivity index (χ2v) is 3.59. The lowest BCUT2D eigenvalue weighted by Gasteiger charge is -2.06. The molecule has 1 amide bonds. The van der Waals surface area contributed by atoms with Crippen molar-refractivity contribution in [3.05, 3.63) is 28.2 Å². The van der Waals surface area contributed by atoms with Gasteiger partial charge in [-0.05, 0) is 18.2 Å². The van der Waals surface area contributed by atoms with Crippen LogP contribution in [-0.2, 0) is 4.79 Å². The molecule has 0 aliphatic rings. The zero-order chi connectivity index (χ0) is 10.7. The molecular weight excluding hydrogens is 250 g/mol. The van der Waals surface area contributed by atoms with Gasteiger partial charge in [0.05, 0.1) is 11.3 Å². The first-order chi connectivity index (χ1) is 6.50. The van der Waals surface area contributed by atoms with Crippen LogP contribution < -0.4 is 5.32 Å². The Balaban J connectivity index is 3.14. The topological polar surface area (TPSA) is 66.4 Å². The standard InChI is InChI=1S/C9H8BrNO3/c1-5(12)11-8-3-2-6(10)4-7(8)9(13)14/h2-4H,1H3,(H,11,12)(H,13,14). The molecule has 0 saturated carbocycles. The van der Waals surface area contributed by atoms with Gasteiger partial charge in [0.15, 0.2) is 0 Å². The molecule has 14 heavy (non-hydrogen) atoms. The van der Waals surface area contributed by atoms with Gasteiger partial charge in [0.1, 0.15) is 0 Å². The van der Waals surface area contributed by atoms with E-state index in [1.54, 1.807) is 6.07 Å². The number of anilines is 1. The van der Waals surface area contributed by atoms with E-state index in [2.05, 4.69) is 21.2 Å². The Kier molecular flexibility index (Phi) is 3.24. The summed E-state index contributed by atoms with van der Waals surface area (Å²) in [5.74, 6) is -1.37. The van der Waals surface area contributed by atoms with Crippen molar-refractivity contribution >= 4 is 33.5 Å². The van der Waals surface area contributed by atoms with Gasteiger partial charge in [-0.25, -0.2) is 4.79 Å². The summed E-state index contributed by atoms with van der Waals surface area (Å²) in [5, 5.41) is 11.3. The highest BCUT2D eigenvalue weighted by molar-refractivity contribution is 9.10. The van der Waals surface area contributed by atoms with Gasteiger partial charge >= 0.3 is 5.97 Å². The molecule has 74 valence electrons. The summed E-state index contributed by atoms with van der Waals surface area (Å²) in [6.45, 7) is 1.33. The highest BCUT2D eigenvalue weighted by Gasteiger charge is 2.10. The second kappa shape index (κ2) is 4.23. The number of hydrogen-bond acceptors (Lipinski definition) is 2. The molecule has 0 saturated heterocycles. The van der Waals surface area contributed by atoms with E-state index in [0.717, 1.165) is 0 Å². The van der Waals surface area contributed by atoms with Crippen molar-refractivity contribution in [2.24, 2.45) is 0 Å². The molecule has 0 aliphatic heterocycles. The van der Waals surface area contributed by atoms with Crippen molar-refractivity contribution in [3.8, 4) is 0 Å². The van der Waals surface area contributed by atoms with E-state index in [-0.39, 0.29) is 11.5 Å². The van der Waals surface area contributed by atoms with Crippen molar-refractivity contribution in [2.75, 3.05) is 5.32 Å². The molecule has 1 aromatic rings. The second-order valence-electron chi connectivity index (χ2n) is 2.68. The maximum Gasteiger partial charge on any atom is 0.337 e. The van der Waals surface area contributed by atoms with Gasteiger partial charge in [-0.2, -0.15) is 0 Å². The Morgan fingerprint density at radius 3 is 2.57 bits per heavy atom. The molecule has 0 unspecified atom stereocenters. The summed E-state index contributed by atoms with van der Waals surface area (Å²) in [5.41, 5.74) is 0.364. The maximum atomic E-state index is 10.8. The molecule has 0 heterocycles. The van der Waals surface area contributed by atoms with E-state index >= 15 is 0 Å². The van der Waals surface area contributed by atoms with Crippen LogP contribution in [0, 0.1) is 0 Å². The van der Waals surface area contributed by atoms with Gasteiger partial charge in [-0.1, -0.05) is 15.9 Å². The van der Waals surface area contributed by atoms with E-state index in [1.165, 1.54) is 19.1 Å². The van der Waals surface area contributed by atoms with Crippen LogP contribution in [0.5, 0.6) is 0 Å². The highest BCUT2D eigenvalue weighted by Crippen LogP contribution is 2.20. The molecule has 0 bridgehead atoms. The smallest absolute Gasteiger partial charge is 0.337 e. The van der Waals surface area contributed by atoms with Gasteiger partial charge in [-0.3, -0.25) is 4.79 Å². The Labute approximate surface area is 89.1 Å². The molecule has 0 aromatic heterocycles. The average molecular weight is 258 g/mol. The lowest BCUT2D eigenvalue weighted by Crippen LogP contribution is -2.10. The van der Waals surface area contributed by atoms with E-state index < -0.39 is 5.97 Å².